The Morgan fingerprint density at radius 3 is 1.39 bits per heavy atom. The molecule has 0 saturated heterocycles. The lowest BCUT2D eigenvalue weighted by atomic mass is 9.80. The third-order valence-electron chi connectivity index (χ3n) is 6.97. The van der Waals surface area contributed by atoms with Crippen LogP contribution in [0.5, 0.6) is 0 Å². The van der Waals surface area contributed by atoms with E-state index in [0.717, 1.165) is 0 Å². The molecule has 33 heavy (non-hydrogen) atoms. The molecule has 2 nitrogen and oxygen atoms in total. The maximum atomic E-state index is 3.53. The second kappa shape index (κ2) is 7.11. The molecule has 2 heterocycles. The van der Waals surface area contributed by atoms with Crippen molar-refractivity contribution in [2.45, 2.75) is 5.92 Å². The van der Waals surface area contributed by atoms with Gasteiger partial charge in [-0.1, -0.05) is 84.9 Å². The molecule has 7 rings (SSSR count). The summed E-state index contributed by atoms with van der Waals surface area (Å²) in [4.78, 5) is 7.07. The predicted molar refractivity (Wildman–Crippen MR) is 139 cm³/mol. The lowest BCUT2D eigenvalue weighted by Crippen LogP contribution is -2.04. The Labute approximate surface area is 191 Å². The molecule has 5 aromatic carbocycles. The van der Waals surface area contributed by atoms with E-state index in [4.69, 9.17) is 0 Å². The summed E-state index contributed by atoms with van der Waals surface area (Å²) in [5.74, 6) is 0.0771. The molecular weight excluding hydrogens is 400 g/mol. The summed E-state index contributed by atoms with van der Waals surface area (Å²) in [5.41, 5.74) is 6.30. The summed E-state index contributed by atoms with van der Waals surface area (Å²) >= 11 is 0. The monoisotopic (exact) mass is 422 g/mol. The SMILES string of the molecule is c1ccc2c(C(c3c[nH]c4ccccc34)c3c[nH]c4ccccc34)c3ccccc3cc2c1. The number of benzene rings is 5. The van der Waals surface area contributed by atoms with E-state index in [0.29, 0.717) is 0 Å². The van der Waals surface area contributed by atoms with Crippen molar-refractivity contribution in [3.05, 3.63) is 132 Å². The highest BCUT2D eigenvalue weighted by atomic mass is 14.7. The number of aromatic nitrogens is 2. The van der Waals surface area contributed by atoms with Gasteiger partial charge in [-0.25, -0.2) is 0 Å². The van der Waals surface area contributed by atoms with Gasteiger partial charge >= 0.3 is 0 Å². The van der Waals surface area contributed by atoms with Gasteiger partial charge in [-0.15, -0.1) is 0 Å². The topological polar surface area (TPSA) is 31.6 Å². The first kappa shape index (κ1) is 18.3. The summed E-state index contributed by atoms with van der Waals surface area (Å²) in [6.07, 6.45) is 4.40. The molecule has 0 aliphatic rings. The first-order valence-electron chi connectivity index (χ1n) is 11.4. The van der Waals surface area contributed by atoms with Crippen molar-refractivity contribution in [1.29, 1.82) is 0 Å². The van der Waals surface area contributed by atoms with Gasteiger partial charge in [0.15, 0.2) is 0 Å². The second-order valence-corrected chi connectivity index (χ2v) is 8.74. The van der Waals surface area contributed by atoms with Crippen LogP contribution in [0.15, 0.2) is 116 Å². The Hall–Kier alpha value is -4.30. The fourth-order valence-electron chi connectivity index (χ4n) is 5.50. The lowest BCUT2D eigenvalue weighted by Gasteiger charge is -2.22. The highest BCUT2D eigenvalue weighted by Crippen LogP contribution is 2.44. The van der Waals surface area contributed by atoms with Crippen LogP contribution in [0.3, 0.4) is 0 Å². The molecule has 7 aromatic rings. The van der Waals surface area contributed by atoms with Gasteiger partial charge in [0, 0.05) is 40.1 Å². The van der Waals surface area contributed by atoms with Crippen LogP contribution < -0.4 is 0 Å². The van der Waals surface area contributed by atoms with Gasteiger partial charge in [0.1, 0.15) is 0 Å². The molecule has 0 saturated carbocycles. The summed E-state index contributed by atoms with van der Waals surface area (Å²) in [7, 11) is 0. The zero-order chi connectivity index (χ0) is 21.8. The van der Waals surface area contributed by atoms with Crippen LogP contribution in [0.25, 0.3) is 43.4 Å². The zero-order valence-corrected chi connectivity index (χ0v) is 18.0. The molecule has 2 N–H and O–H groups in total. The van der Waals surface area contributed by atoms with Crippen LogP contribution in [-0.4, -0.2) is 9.97 Å². The molecule has 0 atom stereocenters. The molecule has 2 aromatic heterocycles. The molecule has 0 spiro atoms. The third kappa shape index (κ3) is 2.74. The number of fused-ring (bicyclic) bond motifs is 4. The number of nitrogens with one attached hydrogen (secondary N) is 2. The van der Waals surface area contributed by atoms with Crippen LogP contribution in [-0.2, 0) is 0 Å². The molecule has 0 unspecified atom stereocenters. The Morgan fingerprint density at radius 2 is 0.879 bits per heavy atom. The van der Waals surface area contributed by atoms with Crippen molar-refractivity contribution in [2.75, 3.05) is 0 Å². The number of hydrogen-bond acceptors (Lipinski definition) is 0. The van der Waals surface area contributed by atoms with E-state index in [-0.39, 0.29) is 5.92 Å². The molecule has 0 aliphatic heterocycles. The van der Waals surface area contributed by atoms with E-state index < -0.39 is 0 Å². The highest BCUT2D eigenvalue weighted by molar-refractivity contribution is 6.05. The number of hydrogen-bond donors (Lipinski definition) is 2. The van der Waals surface area contributed by atoms with Crippen molar-refractivity contribution in [1.82, 2.24) is 9.97 Å². The van der Waals surface area contributed by atoms with Crippen molar-refractivity contribution >= 4 is 43.4 Å². The third-order valence-corrected chi connectivity index (χ3v) is 6.97. The van der Waals surface area contributed by atoms with E-state index in [1.54, 1.807) is 0 Å². The van der Waals surface area contributed by atoms with E-state index in [9.17, 15) is 0 Å². The lowest BCUT2D eigenvalue weighted by molar-refractivity contribution is 1.02. The summed E-state index contributed by atoms with van der Waals surface area (Å²) < 4.78 is 0. The summed E-state index contributed by atoms with van der Waals surface area (Å²) in [6.45, 7) is 0. The van der Waals surface area contributed by atoms with Crippen LogP contribution in [0, 0.1) is 0 Å². The molecule has 0 radical (unpaired) electrons. The van der Waals surface area contributed by atoms with Gasteiger partial charge in [-0.2, -0.15) is 0 Å². The summed E-state index contributed by atoms with van der Waals surface area (Å²) in [6, 6.07) is 37.1. The van der Waals surface area contributed by atoms with Gasteiger partial charge in [0.25, 0.3) is 0 Å². The number of rotatable bonds is 3. The molecule has 0 aliphatic carbocycles. The van der Waals surface area contributed by atoms with E-state index in [2.05, 4.69) is 125 Å². The minimum Gasteiger partial charge on any atom is -0.361 e. The first-order valence-corrected chi connectivity index (χ1v) is 11.4. The van der Waals surface area contributed by atoms with Gasteiger partial charge in [0.05, 0.1) is 0 Å². The molecule has 0 bridgehead atoms. The molecule has 2 heteroatoms. The molecule has 0 amide bonds. The molecule has 0 fully saturated rings. The van der Waals surface area contributed by atoms with Crippen LogP contribution in [0.4, 0.5) is 0 Å². The highest BCUT2D eigenvalue weighted by Gasteiger charge is 2.26. The minimum atomic E-state index is 0.0771. The normalized spacial score (nSPS) is 11.9. The largest absolute Gasteiger partial charge is 0.361 e. The minimum absolute atomic E-state index is 0.0771. The van der Waals surface area contributed by atoms with Crippen LogP contribution >= 0.6 is 0 Å². The van der Waals surface area contributed by atoms with E-state index in [1.165, 1.54) is 60.0 Å². The Kier molecular flexibility index (Phi) is 3.94. The van der Waals surface area contributed by atoms with Crippen LogP contribution in [0.2, 0.25) is 0 Å². The van der Waals surface area contributed by atoms with Gasteiger partial charge in [-0.3, -0.25) is 0 Å². The Morgan fingerprint density at radius 1 is 0.455 bits per heavy atom. The number of aromatic amines is 2. The van der Waals surface area contributed by atoms with Gasteiger partial charge in [-0.05, 0) is 56.4 Å². The van der Waals surface area contributed by atoms with Crippen molar-refractivity contribution < 1.29 is 0 Å². The van der Waals surface area contributed by atoms with E-state index in [1.807, 2.05) is 0 Å². The van der Waals surface area contributed by atoms with E-state index >= 15 is 0 Å². The maximum absolute atomic E-state index is 3.53. The number of para-hydroxylation sites is 2. The summed E-state index contributed by atoms with van der Waals surface area (Å²) in [5, 5.41) is 7.69. The smallest absolute Gasteiger partial charge is 0.0457 e. The van der Waals surface area contributed by atoms with Gasteiger partial charge < -0.3 is 9.97 Å². The first-order chi connectivity index (χ1) is 16.4. The fourth-order valence-corrected chi connectivity index (χ4v) is 5.50. The second-order valence-electron chi connectivity index (χ2n) is 8.74. The van der Waals surface area contributed by atoms with Gasteiger partial charge in [0.2, 0.25) is 0 Å². The predicted octanol–water partition coefficient (Wildman–Crippen LogP) is 8.14. The number of H-pyrrole nitrogens is 2. The van der Waals surface area contributed by atoms with Crippen molar-refractivity contribution in [3.63, 3.8) is 0 Å². The standard InChI is InChI=1S/C31H22N2/c1-3-11-22-20(9-1)17-21-10-2-4-12-23(21)30(22)31(26-18-32-28-15-7-5-13-24(26)28)27-19-33-29-16-8-6-14-25(27)29/h1-19,31-33H. The fraction of sp³-hybridized carbons (Fsp3) is 0.0323. The Balaban J connectivity index is 1.67. The average Bonchev–Trinajstić information content (AvgIpc) is 3.49. The molecule has 156 valence electrons. The Bertz CT molecular complexity index is 1660. The molecular formula is C31H22N2. The van der Waals surface area contributed by atoms with Crippen molar-refractivity contribution in [3.8, 4) is 0 Å². The quantitative estimate of drug-likeness (QED) is 0.269. The maximum Gasteiger partial charge on any atom is 0.0457 e. The van der Waals surface area contributed by atoms with Crippen molar-refractivity contribution in [2.24, 2.45) is 0 Å². The zero-order valence-electron chi connectivity index (χ0n) is 18.0. The average molecular weight is 423 g/mol. The van der Waals surface area contributed by atoms with Crippen LogP contribution in [0.1, 0.15) is 22.6 Å².